The van der Waals surface area contributed by atoms with E-state index in [1.54, 1.807) is 12.4 Å². The van der Waals surface area contributed by atoms with Crippen LogP contribution in [0.1, 0.15) is 54.7 Å². The molecule has 2 aliphatic rings. The minimum atomic E-state index is -0.257. The van der Waals surface area contributed by atoms with E-state index in [1.807, 2.05) is 11.8 Å². The lowest BCUT2D eigenvalue weighted by atomic mass is 9.87. The average Bonchev–Trinajstić information content (AvgIpc) is 2.93. The maximum Gasteiger partial charge on any atom is 0.274 e. The number of hydrogen-bond donors (Lipinski definition) is 1. The normalized spacial score (nSPS) is 29.6. The van der Waals surface area contributed by atoms with Gasteiger partial charge in [0.25, 0.3) is 5.91 Å². The van der Waals surface area contributed by atoms with E-state index in [4.69, 9.17) is 0 Å². The highest BCUT2D eigenvalue weighted by Gasteiger charge is 2.39. The zero-order valence-electron chi connectivity index (χ0n) is 12.5. The third kappa shape index (κ3) is 2.93. The van der Waals surface area contributed by atoms with Gasteiger partial charge in [-0.3, -0.25) is 9.78 Å². The van der Waals surface area contributed by atoms with Crippen LogP contribution in [0.2, 0.25) is 0 Å². The summed E-state index contributed by atoms with van der Waals surface area (Å²) in [6, 6.07) is 0.159. The Bertz CT molecular complexity index is 503. The molecular weight excluding hydrogens is 266 g/mol. The van der Waals surface area contributed by atoms with E-state index in [9.17, 15) is 9.90 Å². The second-order valence-corrected chi connectivity index (χ2v) is 6.27. The summed E-state index contributed by atoms with van der Waals surface area (Å²) in [7, 11) is 0. The number of aryl methyl sites for hydroxylation is 1. The lowest BCUT2D eigenvalue weighted by molar-refractivity contribution is 0.0283. The molecule has 3 atom stereocenters. The van der Waals surface area contributed by atoms with Crippen LogP contribution in [0.15, 0.2) is 12.4 Å². The van der Waals surface area contributed by atoms with Crippen molar-refractivity contribution in [3.05, 3.63) is 23.8 Å². The number of likely N-dealkylation sites (tertiary alicyclic amines) is 1. The van der Waals surface area contributed by atoms with Gasteiger partial charge in [0.05, 0.1) is 18.0 Å². The molecule has 1 aliphatic carbocycles. The van der Waals surface area contributed by atoms with Crippen molar-refractivity contribution in [2.45, 2.75) is 57.6 Å². The van der Waals surface area contributed by atoms with E-state index >= 15 is 0 Å². The Hall–Kier alpha value is -1.49. The van der Waals surface area contributed by atoms with Gasteiger partial charge in [-0.25, -0.2) is 4.98 Å². The predicted octanol–water partition coefficient (Wildman–Crippen LogP) is 1.94. The van der Waals surface area contributed by atoms with Gasteiger partial charge in [-0.15, -0.1) is 0 Å². The SMILES string of the molecule is Cc1cnc(C(=O)N2CCCCC2C2CCCC2O)cn1. The van der Waals surface area contributed by atoms with Crippen molar-refractivity contribution in [3.8, 4) is 0 Å². The van der Waals surface area contributed by atoms with Gasteiger partial charge in [0, 0.05) is 24.7 Å². The summed E-state index contributed by atoms with van der Waals surface area (Å²) in [6.45, 7) is 2.63. The number of rotatable bonds is 2. The van der Waals surface area contributed by atoms with Crippen molar-refractivity contribution in [1.82, 2.24) is 14.9 Å². The van der Waals surface area contributed by atoms with E-state index in [0.717, 1.165) is 50.8 Å². The summed E-state index contributed by atoms with van der Waals surface area (Å²) in [6.07, 6.45) is 9.06. The summed E-state index contributed by atoms with van der Waals surface area (Å²) < 4.78 is 0. The molecular formula is C16H23N3O2. The van der Waals surface area contributed by atoms with Crippen LogP contribution in [0.3, 0.4) is 0 Å². The Kier molecular flexibility index (Phi) is 4.19. The molecule has 21 heavy (non-hydrogen) atoms. The molecule has 1 N–H and O–H groups in total. The smallest absolute Gasteiger partial charge is 0.274 e. The van der Waals surface area contributed by atoms with Crippen molar-refractivity contribution >= 4 is 5.91 Å². The Morgan fingerprint density at radius 3 is 2.71 bits per heavy atom. The molecule has 1 amide bonds. The van der Waals surface area contributed by atoms with Gasteiger partial charge in [0.1, 0.15) is 5.69 Å². The number of carbonyl (C=O) groups is 1. The molecule has 3 unspecified atom stereocenters. The number of piperidine rings is 1. The molecule has 0 spiro atoms. The maximum absolute atomic E-state index is 12.7. The number of nitrogens with zero attached hydrogens (tertiary/aromatic N) is 3. The largest absolute Gasteiger partial charge is 0.393 e. The van der Waals surface area contributed by atoms with Crippen LogP contribution in [0.5, 0.6) is 0 Å². The quantitative estimate of drug-likeness (QED) is 0.903. The van der Waals surface area contributed by atoms with Crippen LogP contribution in [0, 0.1) is 12.8 Å². The van der Waals surface area contributed by atoms with Crippen molar-refractivity contribution in [2.24, 2.45) is 5.92 Å². The molecule has 114 valence electrons. The van der Waals surface area contributed by atoms with Crippen LogP contribution in [-0.2, 0) is 0 Å². The predicted molar refractivity (Wildman–Crippen MR) is 78.8 cm³/mol. The number of aliphatic hydroxyl groups is 1. The fourth-order valence-corrected chi connectivity index (χ4v) is 3.72. The topological polar surface area (TPSA) is 66.3 Å². The van der Waals surface area contributed by atoms with E-state index in [2.05, 4.69) is 9.97 Å². The summed E-state index contributed by atoms with van der Waals surface area (Å²) in [5.74, 6) is 0.193. The first-order valence-electron chi connectivity index (χ1n) is 7.94. The molecule has 5 heteroatoms. The highest BCUT2D eigenvalue weighted by Crippen LogP contribution is 2.35. The minimum absolute atomic E-state index is 0.0358. The van der Waals surface area contributed by atoms with Crippen LogP contribution in [0.25, 0.3) is 0 Å². The number of carbonyl (C=O) groups excluding carboxylic acids is 1. The van der Waals surface area contributed by atoms with Gasteiger partial charge < -0.3 is 10.0 Å². The van der Waals surface area contributed by atoms with Gasteiger partial charge in [-0.1, -0.05) is 6.42 Å². The van der Waals surface area contributed by atoms with Gasteiger partial charge in [0.2, 0.25) is 0 Å². The van der Waals surface area contributed by atoms with Crippen LogP contribution >= 0.6 is 0 Å². The number of aromatic nitrogens is 2. The Morgan fingerprint density at radius 1 is 1.19 bits per heavy atom. The number of hydrogen-bond acceptors (Lipinski definition) is 4. The second kappa shape index (κ2) is 6.10. The van der Waals surface area contributed by atoms with Gasteiger partial charge in [-0.05, 0) is 39.0 Å². The molecule has 5 nitrogen and oxygen atoms in total. The standard InChI is InChI=1S/C16H23N3O2/c1-11-9-18-13(10-17-11)16(21)19-8-3-2-6-14(19)12-5-4-7-15(12)20/h9-10,12,14-15,20H,2-8H2,1H3. The van der Waals surface area contributed by atoms with Crippen molar-refractivity contribution < 1.29 is 9.90 Å². The Morgan fingerprint density at radius 2 is 2.05 bits per heavy atom. The molecule has 1 aromatic heterocycles. The fourth-order valence-electron chi connectivity index (χ4n) is 3.72. The molecule has 0 bridgehead atoms. The van der Waals surface area contributed by atoms with Crippen LogP contribution in [-0.4, -0.2) is 44.6 Å². The summed E-state index contributed by atoms with van der Waals surface area (Å²) in [4.78, 5) is 23.0. The summed E-state index contributed by atoms with van der Waals surface area (Å²) in [5.41, 5.74) is 1.23. The first-order valence-corrected chi connectivity index (χ1v) is 7.94. The molecule has 3 rings (SSSR count). The highest BCUT2D eigenvalue weighted by molar-refractivity contribution is 5.92. The minimum Gasteiger partial charge on any atom is -0.393 e. The molecule has 0 aromatic carbocycles. The molecule has 2 fully saturated rings. The number of aliphatic hydroxyl groups excluding tert-OH is 1. The monoisotopic (exact) mass is 289 g/mol. The molecule has 1 saturated heterocycles. The summed E-state index contributed by atoms with van der Waals surface area (Å²) in [5, 5.41) is 10.2. The van der Waals surface area contributed by atoms with Crippen molar-refractivity contribution in [3.63, 3.8) is 0 Å². The first-order chi connectivity index (χ1) is 10.2. The van der Waals surface area contributed by atoms with Crippen LogP contribution in [0.4, 0.5) is 0 Å². The third-order valence-electron chi connectivity index (χ3n) is 4.84. The average molecular weight is 289 g/mol. The van der Waals surface area contributed by atoms with Crippen molar-refractivity contribution in [2.75, 3.05) is 6.54 Å². The molecule has 1 aliphatic heterocycles. The van der Waals surface area contributed by atoms with Gasteiger partial charge in [-0.2, -0.15) is 0 Å². The molecule has 1 saturated carbocycles. The van der Waals surface area contributed by atoms with Gasteiger partial charge >= 0.3 is 0 Å². The third-order valence-corrected chi connectivity index (χ3v) is 4.84. The highest BCUT2D eigenvalue weighted by atomic mass is 16.3. The van der Waals surface area contributed by atoms with Crippen LogP contribution < -0.4 is 0 Å². The maximum atomic E-state index is 12.7. The second-order valence-electron chi connectivity index (χ2n) is 6.27. The van der Waals surface area contributed by atoms with E-state index in [-0.39, 0.29) is 24.0 Å². The van der Waals surface area contributed by atoms with Gasteiger partial charge in [0.15, 0.2) is 0 Å². The Balaban J connectivity index is 1.80. The molecule has 2 heterocycles. The Labute approximate surface area is 125 Å². The molecule has 1 aromatic rings. The lowest BCUT2D eigenvalue weighted by Crippen LogP contribution is -2.49. The molecule has 0 radical (unpaired) electrons. The van der Waals surface area contributed by atoms with E-state index < -0.39 is 0 Å². The number of amides is 1. The lowest BCUT2D eigenvalue weighted by Gasteiger charge is -2.40. The zero-order valence-corrected chi connectivity index (χ0v) is 12.5. The van der Waals surface area contributed by atoms with E-state index in [1.165, 1.54) is 0 Å². The van der Waals surface area contributed by atoms with E-state index in [0.29, 0.717) is 5.69 Å². The first kappa shape index (κ1) is 14.4. The summed E-state index contributed by atoms with van der Waals surface area (Å²) >= 11 is 0. The fraction of sp³-hybridized carbons (Fsp3) is 0.688. The zero-order chi connectivity index (χ0) is 14.8. The van der Waals surface area contributed by atoms with Crippen molar-refractivity contribution in [1.29, 1.82) is 0 Å².